The SMILES string of the molecule is N#CC1=C(I)NC=NC1. The highest BCUT2D eigenvalue weighted by Gasteiger charge is 2.03. The Morgan fingerprint density at radius 2 is 2.67 bits per heavy atom. The molecule has 0 aromatic carbocycles. The van der Waals surface area contributed by atoms with Crippen LogP contribution in [0.25, 0.3) is 0 Å². The molecular formula is C5H4IN3. The molecule has 1 rings (SSSR count). The van der Waals surface area contributed by atoms with Gasteiger partial charge in [0.05, 0.1) is 28.2 Å². The van der Waals surface area contributed by atoms with E-state index in [9.17, 15) is 0 Å². The molecule has 0 aliphatic carbocycles. The Kier molecular flexibility index (Phi) is 2.05. The van der Waals surface area contributed by atoms with Crippen molar-refractivity contribution in [3.8, 4) is 6.07 Å². The number of halogens is 1. The van der Waals surface area contributed by atoms with Crippen molar-refractivity contribution in [3.05, 3.63) is 9.28 Å². The highest BCUT2D eigenvalue weighted by molar-refractivity contribution is 14.1. The van der Waals surface area contributed by atoms with Crippen molar-refractivity contribution in [2.45, 2.75) is 0 Å². The topological polar surface area (TPSA) is 48.2 Å². The van der Waals surface area contributed by atoms with Crippen molar-refractivity contribution >= 4 is 28.9 Å². The summed E-state index contributed by atoms with van der Waals surface area (Å²) in [5.74, 6) is 0. The molecule has 0 saturated carbocycles. The lowest BCUT2D eigenvalue weighted by Gasteiger charge is -2.04. The lowest BCUT2D eigenvalue weighted by Crippen LogP contribution is -2.14. The molecule has 0 aromatic heterocycles. The van der Waals surface area contributed by atoms with Gasteiger partial charge in [-0.25, -0.2) is 0 Å². The van der Waals surface area contributed by atoms with Crippen molar-refractivity contribution in [2.75, 3.05) is 6.54 Å². The first-order valence-corrected chi connectivity index (χ1v) is 3.46. The molecule has 4 heteroatoms. The fourth-order valence-electron chi connectivity index (χ4n) is 0.480. The van der Waals surface area contributed by atoms with Gasteiger partial charge in [0, 0.05) is 0 Å². The molecule has 0 bridgehead atoms. The zero-order valence-corrected chi connectivity index (χ0v) is 6.71. The Labute approximate surface area is 66.6 Å². The molecule has 0 atom stereocenters. The van der Waals surface area contributed by atoms with Gasteiger partial charge in [0.15, 0.2) is 0 Å². The Balaban J connectivity index is 2.79. The molecule has 1 aliphatic heterocycles. The predicted molar refractivity (Wildman–Crippen MR) is 43.2 cm³/mol. The Morgan fingerprint density at radius 1 is 1.89 bits per heavy atom. The molecule has 0 saturated heterocycles. The number of rotatable bonds is 0. The Morgan fingerprint density at radius 3 is 3.11 bits per heavy atom. The molecule has 0 amide bonds. The molecule has 0 radical (unpaired) electrons. The summed E-state index contributed by atoms with van der Waals surface area (Å²) in [5.41, 5.74) is 0.707. The first kappa shape index (κ1) is 6.55. The maximum Gasteiger partial charge on any atom is 0.0993 e. The summed E-state index contributed by atoms with van der Waals surface area (Å²) < 4.78 is 0.880. The van der Waals surface area contributed by atoms with E-state index in [2.05, 4.69) is 32.9 Å². The lowest BCUT2D eigenvalue weighted by atomic mass is 10.3. The highest BCUT2D eigenvalue weighted by atomic mass is 127. The van der Waals surface area contributed by atoms with Crippen molar-refractivity contribution in [1.29, 1.82) is 5.26 Å². The summed E-state index contributed by atoms with van der Waals surface area (Å²) in [5, 5.41) is 11.3. The zero-order valence-electron chi connectivity index (χ0n) is 4.56. The minimum absolute atomic E-state index is 0.516. The third kappa shape index (κ3) is 1.42. The van der Waals surface area contributed by atoms with E-state index in [1.807, 2.05) is 6.07 Å². The van der Waals surface area contributed by atoms with Crippen LogP contribution in [0, 0.1) is 11.3 Å². The number of nitrogens with zero attached hydrogens (tertiary/aromatic N) is 2. The Bertz CT molecular complexity index is 211. The van der Waals surface area contributed by atoms with E-state index in [0.29, 0.717) is 12.1 Å². The molecule has 1 heterocycles. The second-order valence-corrected chi connectivity index (χ2v) is 2.60. The van der Waals surface area contributed by atoms with Gasteiger partial charge >= 0.3 is 0 Å². The van der Waals surface area contributed by atoms with E-state index >= 15 is 0 Å². The summed E-state index contributed by atoms with van der Waals surface area (Å²) in [6, 6.07) is 2.05. The van der Waals surface area contributed by atoms with Gasteiger partial charge in [-0.2, -0.15) is 5.26 Å². The number of hydrogen-bond acceptors (Lipinski definition) is 3. The van der Waals surface area contributed by atoms with Gasteiger partial charge < -0.3 is 5.32 Å². The van der Waals surface area contributed by atoms with E-state index < -0.39 is 0 Å². The monoisotopic (exact) mass is 233 g/mol. The normalized spacial score (nSPS) is 16.9. The van der Waals surface area contributed by atoms with Crippen LogP contribution < -0.4 is 5.32 Å². The molecule has 9 heavy (non-hydrogen) atoms. The van der Waals surface area contributed by atoms with Crippen LogP contribution >= 0.6 is 22.6 Å². The van der Waals surface area contributed by atoms with E-state index in [4.69, 9.17) is 5.26 Å². The predicted octanol–water partition coefficient (Wildman–Crippen LogP) is 0.788. The van der Waals surface area contributed by atoms with E-state index in [1.165, 1.54) is 0 Å². The smallest absolute Gasteiger partial charge is 0.0993 e. The van der Waals surface area contributed by atoms with Crippen LogP contribution in [0.1, 0.15) is 0 Å². The van der Waals surface area contributed by atoms with Crippen LogP contribution in [-0.4, -0.2) is 12.9 Å². The van der Waals surface area contributed by atoms with Crippen LogP contribution in [0.3, 0.4) is 0 Å². The van der Waals surface area contributed by atoms with E-state index in [-0.39, 0.29) is 0 Å². The molecule has 0 fully saturated rings. The van der Waals surface area contributed by atoms with Gasteiger partial charge in [-0.05, 0) is 22.6 Å². The first-order valence-electron chi connectivity index (χ1n) is 2.38. The maximum absolute atomic E-state index is 8.43. The minimum Gasteiger partial charge on any atom is -0.341 e. The standard InChI is InChI=1S/C5H4IN3/c6-5-4(1-7)2-8-3-9-5/h3H,2H2,(H,8,9). The van der Waals surface area contributed by atoms with E-state index in [0.717, 1.165) is 3.70 Å². The summed E-state index contributed by atoms with van der Waals surface area (Å²) in [4.78, 5) is 3.86. The fraction of sp³-hybridized carbons (Fsp3) is 0.200. The van der Waals surface area contributed by atoms with Gasteiger partial charge in [0.1, 0.15) is 0 Å². The number of hydrogen-bond donors (Lipinski definition) is 1. The van der Waals surface area contributed by atoms with Crippen LogP contribution in [0.5, 0.6) is 0 Å². The van der Waals surface area contributed by atoms with Crippen LogP contribution in [-0.2, 0) is 0 Å². The van der Waals surface area contributed by atoms with Crippen molar-refractivity contribution in [2.24, 2.45) is 4.99 Å². The number of aliphatic imine (C=N–C) groups is 1. The molecule has 0 unspecified atom stereocenters. The molecule has 0 spiro atoms. The number of nitriles is 1. The summed E-state index contributed by atoms with van der Waals surface area (Å²) in [7, 11) is 0. The maximum atomic E-state index is 8.43. The average molecular weight is 233 g/mol. The van der Waals surface area contributed by atoms with Gasteiger partial charge in [-0.15, -0.1) is 0 Å². The summed E-state index contributed by atoms with van der Waals surface area (Å²) in [6.07, 6.45) is 1.60. The molecule has 1 aliphatic rings. The quantitative estimate of drug-likeness (QED) is 0.496. The van der Waals surface area contributed by atoms with Gasteiger partial charge in [0.2, 0.25) is 0 Å². The Hall–Kier alpha value is -0.570. The minimum atomic E-state index is 0.516. The van der Waals surface area contributed by atoms with Gasteiger partial charge in [-0.3, -0.25) is 4.99 Å². The second-order valence-electron chi connectivity index (χ2n) is 1.52. The first-order chi connectivity index (χ1) is 4.34. The van der Waals surface area contributed by atoms with Gasteiger partial charge in [-0.1, -0.05) is 0 Å². The average Bonchev–Trinajstić information content (AvgIpc) is 1.89. The third-order valence-corrected chi connectivity index (χ3v) is 1.89. The van der Waals surface area contributed by atoms with Gasteiger partial charge in [0.25, 0.3) is 0 Å². The second kappa shape index (κ2) is 2.82. The number of nitrogens with one attached hydrogen (secondary N) is 1. The lowest BCUT2D eigenvalue weighted by molar-refractivity contribution is 1.08. The van der Waals surface area contributed by atoms with Crippen LogP contribution in [0.4, 0.5) is 0 Å². The van der Waals surface area contributed by atoms with Crippen molar-refractivity contribution in [1.82, 2.24) is 5.32 Å². The van der Waals surface area contributed by atoms with Crippen molar-refractivity contribution < 1.29 is 0 Å². The molecule has 46 valence electrons. The third-order valence-electron chi connectivity index (χ3n) is 0.932. The van der Waals surface area contributed by atoms with Crippen LogP contribution in [0.2, 0.25) is 0 Å². The molecular weight excluding hydrogens is 229 g/mol. The largest absolute Gasteiger partial charge is 0.341 e. The fourth-order valence-corrected chi connectivity index (χ4v) is 0.911. The molecule has 1 N–H and O–H groups in total. The van der Waals surface area contributed by atoms with Crippen molar-refractivity contribution in [3.63, 3.8) is 0 Å². The zero-order chi connectivity index (χ0) is 6.69. The van der Waals surface area contributed by atoms with Crippen LogP contribution in [0.15, 0.2) is 14.3 Å². The summed E-state index contributed by atoms with van der Waals surface area (Å²) >= 11 is 2.07. The highest BCUT2D eigenvalue weighted by Crippen LogP contribution is 2.10. The molecule has 0 aromatic rings. The van der Waals surface area contributed by atoms with E-state index in [1.54, 1.807) is 6.34 Å². The summed E-state index contributed by atoms with van der Waals surface area (Å²) in [6.45, 7) is 0.516. The molecule has 3 nitrogen and oxygen atoms in total.